The number of unbranched alkanes of at least 4 members (excludes halogenated alkanes) is 2. The summed E-state index contributed by atoms with van der Waals surface area (Å²) < 4.78 is 53.6. The van der Waals surface area contributed by atoms with Crippen LogP contribution in [0.15, 0.2) is 54.6 Å². The zero-order valence-electron chi connectivity index (χ0n) is 16.5. The zero-order valence-corrected chi connectivity index (χ0v) is 16.5. The van der Waals surface area contributed by atoms with Crippen molar-refractivity contribution in [3.05, 3.63) is 88.5 Å². The van der Waals surface area contributed by atoms with Gasteiger partial charge in [0.1, 0.15) is 11.6 Å². The Balaban J connectivity index is 1.71. The lowest BCUT2D eigenvalue weighted by molar-refractivity contribution is 0.429. The molecule has 152 valence electrons. The molecule has 0 spiro atoms. The molecule has 0 nitrogen and oxygen atoms in total. The average molecular weight is 400 g/mol. The highest BCUT2D eigenvalue weighted by Gasteiger charge is 2.09. The van der Waals surface area contributed by atoms with Crippen LogP contribution in [0.25, 0.3) is 16.8 Å². The van der Waals surface area contributed by atoms with Gasteiger partial charge in [0.2, 0.25) is 0 Å². The molecular weight excluding hydrogens is 376 g/mol. The third-order valence-electron chi connectivity index (χ3n) is 5.18. The van der Waals surface area contributed by atoms with E-state index in [9.17, 15) is 17.6 Å². The van der Waals surface area contributed by atoms with Gasteiger partial charge < -0.3 is 0 Å². The Morgan fingerprint density at radius 1 is 0.828 bits per heavy atom. The molecule has 0 unspecified atom stereocenters. The van der Waals surface area contributed by atoms with Crippen molar-refractivity contribution in [2.45, 2.75) is 45.4 Å². The number of hydrogen-bond donors (Lipinski definition) is 0. The topological polar surface area (TPSA) is 0 Å². The van der Waals surface area contributed by atoms with Gasteiger partial charge in [-0.25, -0.2) is 8.78 Å². The fourth-order valence-corrected chi connectivity index (χ4v) is 3.55. The van der Waals surface area contributed by atoms with Crippen molar-refractivity contribution in [1.29, 1.82) is 0 Å². The van der Waals surface area contributed by atoms with Crippen molar-refractivity contribution in [2.75, 3.05) is 0 Å². The highest BCUT2D eigenvalue weighted by atomic mass is 19.3. The molecule has 0 N–H and O–H groups in total. The molecule has 0 radical (unpaired) electrons. The Bertz CT molecular complexity index is 1020. The molecule has 0 amide bonds. The molecule has 4 heteroatoms. The standard InChI is InChI=1S/C25H24F4/c1-2-3-4-5-17-6-9-19(23(26)15-17)10-7-18-8-13-22-20(14-18)11-12-21(25(22)29)16-24(27)28/h6,8-9,11-16H,2-5,7,10H2,1H3. The summed E-state index contributed by atoms with van der Waals surface area (Å²) in [5, 5.41) is 0.939. The molecule has 0 bridgehead atoms. The van der Waals surface area contributed by atoms with Crippen LogP contribution in [-0.4, -0.2) is 0 Å². The lowest BCUT2D eigenvalue weighted by Crippen LogP contribution is -1.97. The first-order valence-corrected chi connectivity index (χ1v) is 9.99. The molecular formula is C25H24F4. The molecule has 3 aromatic rings. The molecule has 0 heterocycles. The first-order valence-electron chi connectivity index (χ1n) is 9.99. The van der Waals surface area contributed by atoms with E-state index >= 15 is 0 Å². The lowest BCUT2D eigenvalue weighted by Gasteiger charge is -2.09. The van der Waals surface area contributed by atoms with E-state index < -0.39 is 11.9 Å². The third kappa shape index (κ3) is 5.47. The van der Waals surface area contributed by atoms with Gasteiger partial charge in [-0.3, -0.25) is 0 Å². The van der Waals surface area contributed by atoms with Gasteiger partial charge >= 0.3 is 0 Å². The van der Waals surface area contributed by atoms with E-state index in [2.05, 4.69) is 6.92 Å². The van der Waals surface area contributed by atoms with Crippen molar-refractivity contribution in [1.82, 2.24) is 0 Å². The number of fused-ring (bicyclic) bond motifs is 1. The Hall–Kier alpha value is -2.62. The normalized spacial score (nSPS) is 11.1. The molecule has 0 aliphatic heterocycles. The summed E-state index contributed by atoms with van der Waals surface area (Å²) in [6, 6.07) is 13.6. The molecule has 3 aromatic carbocycles. The van der Waals surface area contributed by atoms with Gasteiger partial charge in [0.15, 0.2) is 0 Å². The maximum absolute atomic E-state index is 14.4. The molecule has 0 aromatic heterocycles. The Labute approximate surface area is 168 Å². The zero-order chi connectivity index (χ0) is 20.8. The van der Waals surface area contributed by atoms with Crippen molar-refractivity contribution < 1.29 is 17.6 Å². The first-order chi connectivity index (χ1) is 14.0. The number of rotatable bonds is 8. The molecule has 3 rings (SSSR count). The third-order valence-corrected chi connectivity index (χ3v) is 5.18. The molecule has 0 saturated carbocycles. The van der Waals surface area contributed by atoms with Crippen molar-refractivity contribution >= 4 is 16.8 Å². The predicted octanol–water partition coefficient (Wildman–Crippen LogP) is 7.87. The maximum Gasteiger partial charge on any atom is 0.271 e. The van der Waals surface area contributed by atoms with Crippen molar-refractivity contribution in [3.63, 3.8) is 0 Å². The molecule has 0 atom stereocenters. The van der Waals surface area contributed by atoms with Gasteiger partial charge in [-0.2, -0.15) is 8.78 Å². The van der Waals surface area contributed by atoms with E-state index in [1.807, 2.05) is 18.2 Å². The second-order valence-corrected chi connectivity index (χ2v) is 7.34. The van der Waals surface area contributed by atoms with E-state index in [0.29, 0.717) is 35.3 Å². The van der Waals surface area contributed by atoms with Crippen LogP contribution in [0, 0.1) is 11.6 Å². The summed E-state index contributed by atoms with van der Waals surface area (Å²) in [6.07, 6.45) is 4.00. The van der Waals surface area contributed by atoms with Gasteiger partial charge in [0.05, 0.1) is 0 Å². The highest BCUT2D eigenvalue weighted by Crippen LogP contribution is 2.25. The van der Waals surface area contributed by atoms with Crippen LogP contribution in [0.2, 0.25) is 0 Å². The van der Waals surface area contributed by atoms with Gasteiger partial charge in [0.25, 0.3) is 6.08 Å². The van der Waals surface area contributed by atoms with Gasteiger partial charge in [0, 0.05) is 17.0 Å². The van der Waals surface area contributed by atoms with E-state index in [1.54, 1.807) is 24.3 Å². The fraction of sp³-hybridized carbons (Fsp3) is 0.280. The van der Waals surface area contributed by atoms with Gasteiger partial charge in [-0.15, -0.1) is 0 Å². The lowest BCUT2D eigenvalue weighted by atomic mass is 9.98. The maximum atomic E-state index is 14.4. The molecule has 0 aliphatic carbocycles. The summed E-state index contributed by atoms with van der Waals surface area (Å²) in [5.74, 6) is -0.845. The van der Waals surface area contributed by atoms with Crippen LogP contribution < -0.4 is 0 Å². The Morgan fingerprint density at radius 2 is 1.59 bits per heavy atom. The SMILES string of the molecule is CCCCCc1ccc(CCc2ccc3c(F)c(C=C(F)F)ccc3c2)c(F)c1. The van der Waals surface area contributed by atoms with Gasteiger partial charge in [-0.05, 0) is 53.8 Å². The molecule has 29 heavy (non-hydrogen) atoms. The Kier molecular flexibility index (Phi) is 7.08. The summed E-state index contributed by atoms with van der Waals surface area (Å²) in [5.41, 5.74) is 2.50. The minimum atomic E-state index is -1.93. The van der Waals surface area contributed by atoms with Crippen LogP contribution in [0.4, 0.5) is 17.6 Å². The van der Waals surface area contributed by atoms with Crippen LogP contribution in [0.3, 0.4) is 0 Å². The minimum Gasteiger partial charge on any atom is -0.207 e. The Morgan fingerprint density at radius 3 is 2.31 bits per heavy atom. The second-order valence-electron chi connectivity index (χ2n) is 7.34. The van der Waals surface area contributed by atoms with E-state index in [1.165, 1.54) is 6.07 Å². The smallest absolute Gasteiger partial charge is 0.207 e. The number of hydrogen-bond acceptors (Lipinski definition) is 0. The van der Waals surface area contributed by atoms with E-state index in [4.69, 9.17) is 0 Å². The van der Waals surface area contributed by atoms with Crippen LogP contribution in [0.5, 0.6) is 0 Å². The second kappa shape index (κ2) is 9.73. The van der Waals surface area contributed by atoms with Crippen LogP contribution >= 0.6 is 0 Å². The van der Waals surface area contributed by atoms with Crippen molar-refractivity contribution in [2.24, 2.45) is 0 Å². The van der Waals surface area contributed by atoms with Gasteiger partial charge in [-0.1, -0.05) is 62.2 Å². The first kappa shape index (κ1) is 21.1. The minimum absolute atomic E-state index is 0.133. The monoisotopic (exact) mass is 400 g/mol. The van der Waals surface area contributed by atoms with Crippen molar-refractivity contribution in [3.8, 4) is 0 Å². The molecule has 0 saturated heterocycles. The highest BCUT2D eigenvalue weighted by molar-refractivity contribution is 5.86. The van der Waals surface area contributed by atoms with E-state index in [-0.39, 0.29) is 11.4 Å². The van der Waals surface area contributed by atoms with Crippen LogP contribution in [0.1, 0.15) is 48.4 Å². The van der Waals surface area contributed by atoms with Crippen LogP contribution in [-0.2, 0) is 19.3 Å². The summed E-state index contributed by atoms with van der Waals surface area (Å²) in [7, 11) is 0. The number of aryl methyl sites for hydroxylation is 3. The summed E-state index contributed by atoms with van der Waals surface area (Å²) >= 11 is 0. The predicted molar refractivity (Wildman–Crippen MR) is 111 cm³/mol. The summed E-state index contributed by atoms with van der Waals surface area (Å²) in [4.78, 5) is 0. The largest absolute Gasteiger partial charge is 0.271 e. The van der Waals surface area contributed by atoms with E-state index in [0.717, 1.165) is 36.8 Å². The molecule has 0 fully saturated rings. The fourth-order valence-electron chi connectivity index (χ4n) is 3.55. The number of benzene rings is 3. The summed E-state index contributed by atoms with van der Waals surface area (Å²) in [6.45, 7) is 2.14. The molecule has 0 aliphatic rings. The average Bonchev–Trinajstić information content (AvgIpc) is 2.69. The quantitative estimate of drug-likeness (QED) is 0.266. The number of halogens is 4.